The van der Waals surface area contributed by atoms with E-state index in [1.807, 2.05) is 30.3 Å². The first-order valence-corrected chi connectivity index (χ1v) is 4.99. The molecule has 0 unspecified atom stereocenters. The lowest BCUT2D eigenvalue weighted by Gasteiger charge is -2.06. The highest BCUT2D eigenvalue weighted by Gasteiger charge is 2.05. The summed E-state index contributed by atoms with van der Waals surface area (Å²) in [5.74, 6) is -0.0782. The molecule has 0 aliphatic carbocycles. The largest absolute Gasteiger partial charge is 0.207 e. The Morgan fingerprint density at radius 1 is 1.07 bits per heavy atom. The number of benzene rings is 2. The molecule has 0 aliphatic rings. The van der Waals surface area contributed by atoms with Crippen LogP contribution in [0.25, 0.3) is 10.8 Å². The predicted octanol–water partition coefficient (Wildman–Crippen LogP) is 3.93. The number of halogens is 1. The molecule has 0 heterocycles. The van der Waals surface area contributed by atoms with E-state index in [2.05, 4.69) is 6.92 Å². The summed E-state index contributed by atoms with van der Waals surface area (Å²) < 4.78 is 13.5. The van der Waals surface area contributed by atoms with Gasteiger partial charge in [0.1, 0.15) is 5.82 Å². The third-order valence-corrected chi connectivity index (χ3v) is 2.48. The second kappa shape index (κ2) is 3.79. The van der Waals surface area contributed by atoms with Crippen molar-refractivity contribution >= 4 is 10.8 Å². The summed E-state index contributed by atoms with van der Waals surface area (Å²) >= 11 is 0. The van der Waals surface area contributed by atoms with Gasteiger partial charge >= 0.3 is 0 Å². The fraction of sp³-hybridized carbons (Fsp3) is 0.231. The van der Waals surface area contributed by atoms with Crippen LogP contribution in [-0.4, -0.2) is 0 Å². The highest BCUT2D eigenvalue weighted by Crippen LogP contribution is 2.22. The molecule has 0 nitrogen and oxygen atoms in total. The second-order valence-electron chi connectivity index (χ2n) is 3.50. The Hall–Kier alpha value is -1.37. The Morgan fingerprint density at radius 2 is 1.86 bits per heavy atom. The molecule has 0 amide bonds. The molecule has 0 bridgehead atoms. The lowest BCUT2D eigenvalue weighted by atomic mass is 10.0. The maximum atomic E-state index is 13.5. The molecular formula is C13H13F. The molecule has 0 radical (unpaired) electrons. The van der Waals surface area contributed by atoms with Crippen molar-refractivity contribution in [3.05, 3.63) is 47.8 Å². The smallest absolute Gasteiger partial charge is 0.127 e. The molecule has 2 aromatic rings. The molecule has 2 aromatic carbocycles. The number of hydrogen-bond donors (Lipinski definition) is 0. The van der Waals surface area contributed by atoms with E-state index in [1.165, 1.54) is 0 Å². The van der Waals surface area contributed by atoms with Gasteiger partial charge in [-0.25, -0.2) is 4.39 Å². The van der Waals surface area contributed by atoms with Gasteiger partial charge in [-0.2, -0.15) is 0 Å². The summed E-state index contributed by atoms with van der Waals surface area (Å²) in [6, 6.07) is 11.4. The third kappa shape index (κ3) is 1.50. The minimum absolute atomic E-state index is 0.0782. The molecule has 0 saturated carbocycles. The van der Waals surface area contributed by atoms with E-state index in [-0.39, 0.29) is 5.82 Å². The van der Waals surface area contributed by atoms with Gasteiger partial charge in [-0.3, -0.25) is 0 Å². The number of fused-ring (bicyclic) bond motifs is 1. The van der Waals surface area contributed by atoms with Crippen LogP contribution >= 0.6 is 0 Å². The number of hydrogen-bond acceptors (Lipinski definition) is 0. The van der Waals surface area contributed by atoms with E-state index in [0.717, 1.165) is 29.2 Å². The zero-order chi connectivity index (χ0) is 9.97. The first-order valence-electron chi connectivity index (χ1n) is 4.99. The molecular weight excluding hydrogens is 175 g/mol. The van der Waals surface area contributed by atoms with Crippen molar-refractivity contribution in [2.24, 2.45) is 0 Å². The van der Waals surface area contributed by atoms with Crippen LogP contribution in [0.15, 0.2) is 36.4 Å². The Morgan fingerprint density at radius 3 is 2.64 bits per heavy atom. The Bertz CT molecular complexity index is 446. The van der Waals surface area contributed by atoms with Crippen molar-refractivity contribution < 1.29 is 4.39 Å². The first kappa shape index (κ1) is 9.20. The van der Waals surface area contributed by atoms with Gasteiger partial charge in [0.05, 0.1) is 0 Å². The van der Waals surface area contributed by atoms with Crippen molar-refractivity contribution in [1.82, 2.24) is 0 Å². The van der Waals surface area contributed by atoms with Crippen molar-refractivity contribution in [1.29, 1.82) is 0 Å². The van der Waals surface area contributed by atoms with Gasteiger partial charge in [0.25, 0.3) is 0 Å². The van der Waals surface area contributed by atoms with E-state index < -0.39 is 0 Å². The Labute approximate surface area is 83.4 Å². The quantitative estimate of drug-likeness (QED) is 0.669. The van der Waals surface area contributed by atoms with Crippen molar-refractivity contribution in [2.45, 2.75) is 19.8 Å². The normalized spacial score (nSPS) is 10.7. The fourth-order valence-electron chi connectivity index (χ4n) is 1.81. The van der Waals surface area contributed by atoms with E-state index in [4.69, 9.17) is 0 Å². The van der Waals surface area contributed by atoms with Gasteiger partial charge in [0.15, 0.2) is 0 Å². The molecule has 0 aliphatic heterocycles. The monoisotopic (exact) mass is 188 g/mol. The summed E-state index contributed by atoms with van der Waals surface area (Å²) in [5.41, 5.74) is 0.852. The maximum Gasteiger partial charge on any atom is 0.127 e. The van der Waals surface area contributed by atoms with Gasteiger partial charge in [0.2, 0.25) is 0 Å². The average Bonchev–Trinajstić information content (AvgIpc) is 2.23. The van der Waals surface area contributed by atoms with E-state index in [1.54, 1.807) is 6.07 Å². The molecule has 0 N–H and O–H groups in total. The molecule has 0 aromatic heterocycles. The van der Waals surface area contributed by atoms with Crippen LogP contribution in [0.2, 0.25) is 0 Å². The zero-order valence-corrected chi connectivity index (χ0v) is 8.26. The van der Waals surface area contributed by atoms with E-state index in [9.17, 15) is 4.39 Å². The van der Waals surface area contributed by atoms with Crippen LogP contribution in [0, 0.1) is 5.82 Å². The number of rotatable bonds is 2. The van der Waals surface area contributed by atoms with Crippen LogP contribution in [0.3, 0.4) is 0 Å². The maximum absolute atomic E-state index is 13.5. The van der Waals surface area contributed by atoms with Crippen LogP contribution in [0.4, 0.5) is 4.39 Å². The van der Waals surface area contributed by atoms with Crippen LogP contribution in [0.5, 0.6) is 0 Å². The second-order valence-corrected chi connectivity index (χ2v) is 3.50. The van der Waals surface area contributed by atoms with Gasteiger partial charge < -0.3 is 0 Å². The van der Waals surface area contributed by atoms with Crippen molar-refractivity contribution in [2.75, 3.05) is 0 Å². The molecule has 0 atom stereocenters. The summed E-state index contributed by atoms with van der Waals surface area (Å²) in [6.07, 6.45) is 1.79. The Kier molecular flexibility index (Phi) is 2.49. The van der Waals surface area contributed by atoms with Gasteiger partial charge in [0, 0.05) is 0 Å². The highest BCUT2D eigenvalue weighted by atomic mass is 19.1. The molecule has 0 spiro atoms. The van der Waals surface area contributed by atoms with Crippen LogP contribution < -0.4 is 0 Å². The van der Waals surface area contributed by atoms with Crippen molar-refractivity contribution in [3.63, 3.8) is 0 Å². The third-order valence-electron chi connectivity index (χ3n) is 2.48. The average molecular weight is 188 g/mol. The molecule has 72 valence electrons. The molecule has 14 heavy (non-hydrogen) atoms. The lowest BCUT2D eigenvalue weighted by molar-refractivity contribution is 0.610. The van der Waals surface area contributed by atoms with Crippen LogP contribution in [-0.2, 0) is 6.42 Å². The summed E-state index contributed by atoms with van der Waals surface area (Å²) in [5, 5.41) is 2.17. The lowest BCUT2D eigenvalue weighted by Crippen LogP contribution is -1.91. The zero-order valence-electron chi connectivity index (χ0n) is 8.26. The molecule has 0 saturated heterocycles. The topological polar surface area (TPSA) is 0 Å². The molecule has 2 rings (SSSR count). The van der Waals surface area contributed by atoms with E-state index >= 15 is 0 Å². The van der Waals surface area contributed by atoms with Crippen LogP contribution in [0.1, 0.15) is 18.9 Å². The summed E-state index contributed by atoms with van der Waals surface area (Å²) in [4.78, 5) is 0. The SMILES string of the molecule is CCCc1c(F)ccc2ccccc12. The number of aryl methyl sites for hydroxylation is 1. The summed E-state index contributed by atoms with van der Waals surface area (Å²) in [6.45, 7) is 2.07. The minimum Gasteiger partial charge on any atom is -0.207 e. The van der Waals surface area contributed by atoms with Gasteiger partial charge in [-0.05, 0) is 28.8 Å². The molecule has 0 fully saturated rings. The first-order chi connectivity index (χ1) is 6.83. The highest BCUT2D eigenvalue weighted by molar-refractivity contribution is 5.85. The van der Waals surface area contributed by atoms with Gasteiger partial charge in [-0.15, -0.1) is 0 Å². The molecule has 1 heteroatoms. The summed E-state index contributed by atoms with van der Waals surface area (Å²) in [7, 11) is 0. The van der Waals surface area contributed by atoms with Gasteiger partial charge in [-0.1, -0.05) is 43.7 Å². The van der Waals surface area contributed by atoms with E-state index in [0.29, 0.717) is 0 Å². The Balaban J connectivity index is 2.69. The minimum atomic E-state index is -0.0782. The van der Waals surface area contributed by atoms with Crippen molar-refractivity contribution in [3.8, 4) is 0 Å². The standard InChI is InChI=1S/C13H13F/c1-2-5-12-11-7-4-3-6-10(11)8-9-13(12)14/h3-4,6-9H,2,5H2,1H3. The fourth-order valence-corrected chi connectivity index (χ4v) is 1.81. The predicted molar refractivity (Wildman–Crippen MR) is 57.9 cm³/mol.